The van der Waals surface area contributed by atoms with Gasteiger partial charge in [0.05, 0.1) is 12.6 Å². The maximum absolute atomic E-state index is 13.3. The van der Waals surface area contributed by atoms with E-state index in [1.54, 1.807) is 49.9 Å². The van der Waals surface area contributed by atoms with Gasteiger partial charge in [-0.05, 0) is 71.4 Å². The number of carbonyl (C=O) groups excluding carboxylic acids is 5. The molecule has 2 fully saturated rings. The molecule has 2 aromatic rings. The van der Waals surface area contributed by atoms with Crippen LogP contribution in [0.2, 0.25) is 0 Å². The van der Waals surface area contributed by atoms with E-state index in [4.69, 9.17) is 14.2 Å². The number of likely N-dealkylation sites (tertiary alicyclic amines) is 1. The van der Waals surface area contributed by atoms with Gasteiger partial charge < -0.3 is 29.7 Å². The Morgan fingerprint density at radius 2 is 1.81 bits per heavy atom. The van der Waals surface area contributed by atoms with Gasteiger partial charge in [0.1, 0.15) is 29.1 Å². The van der Waals surface area contributed by atoms with Gasteiger partial charge in [-0.15, -0.1) is 0 Å². The minimum atomic E-state index is -1.12. The molecule has 12 nitrogen and oxygen atoms in total. The van der Waals surface area contributed by atoms with Crippen LogP contribution in [0.5, 0.6) is 5.75 Å². The number of pyridine rings is 1. The Morgan fingerprint density at radius 3 is 2.49 bits per heavy atom. The molecule has 2 atom stereocenters. The molecule has 3 amide bonds. The monoisotopic (exact) mass is 596 g/mol. The van der Waals surface area contributed by atoms with Crippen LogP contribution < -0.4 is 15.4 Å². The first kappa shape index (κ1) is 31.7. The maximum atomic E-state index is 13.3. The maximum Gasteiger partial charge on any atom is 0.328 e. The number of methoxy groups -OCH3 is 1. The van der Waals surface area contributed by atoms with Crippen LogP contribution in [0.25, 0.3) is 10.9 Å². The van der Waals surface area contributed by atoms with E-state index >= 15 is 0 Å². The highest BCUT2D eigenvalue weighted by Gasteiger charge is 2.36. The van der Waals surface area contributed by atoms with Crippen LogP contribution in [-0.4, -0.2) is 83.5 Å². The lowest BCUT2D eigenvalue weighted by molar-refractivity contribution is -0.155. The number of amides is 3. The van der Waals surface area contributed by atoms with Gasteiger partial charge in [0.15, 0.2) is 6.61 Å². The van der Waals surface area contributed by atoms with E-state index < -0.39 is 35.5 Å². The number of ether oxygens (including phenoxy) is 3. The Labute approximate surface area is 250 Å². The number of hydrogen-bond donors (Lipinski definition) is 2. The van der Waals surface area contributed by atoms with Gasteiger partial charge in [-0.25, -0.2) is 9.78 Å². The number of fused-ring (bicyclic) bond motifs is 1. The number of nitrogens with zero attached hydrogens (tertiary/aromatic N) is 2. The molecule has 1 aliphatic carbocycles. The lowest BCUT2D eigenvalue weighted by atomic mass is 9.93. The summed E-state index contributed by atoms with van der Waals surface area (Å²) in [6.45, 7) is 5.34. The normalized spacial score (nSPS) is 17.5. The van der Waals surface area contributed by atoms with Gasteiger partial charge in [-0.2, -0.15) is 0 Å². The summed E-state index contributed by atoms with van der Waals surface area (Å²) in [6.07, 6.45) is 4.20. The summed E-state index contributed by atoms with van der Waals surface area (Å²) in [5.74, 6) is -2.13. The van der Waals surface area contributed by atoms with Crippen LogP contribution in [-0.2, 0) is 28.7 Å². The van der Waals surface area contributed by atoms with E-state index in [-0.39, 0.29) is 48.7 Å². The highest BCUT2D eigenvalue weighted by Crippen LogP contribution is 2.27. The third kappa shape index (κ3) is 8.42. The van der Waals surface area contributed by atoms with Crippen molar-refractivity contribution < 1.29 is 38.2 Å². The molecular formula is C31H40N4O8. The minimum Gasteiger partial charge on any atom is -0.483 e. The second-order valence-electron chi connectivity index (χ2n) is 11.9. The number of aromatic nitrogens is 1. The second-order valence-corrected chi connectivity index (χ2v) is 11.9. The van der Waals surface area contributed by atoms with Crippen LogP contribution in [0.4, 0.5) is 0 Å². The SMILES string of the molecule is COC(=O)[C@H](CCC(=O)OC(C)(C)C)NC(=O)c1cc(OCC(=O)N2CCC[C@H]2C(=O)NC2CCC2)c2ccccc2n1. The number of para-hydroxylation sites is 1. The number of nitrogens with one attached hydrogen (secondary N) is 2. The quantitative estimate of drug-likeness (QED) is 0.373. The van der Waals surface area contributed by atoms with E-state index in [1.807, 2.05) is 0 Å². The summed E-state index contributed by atoms with van der Waals surface area (Å²) >= 11 is 0. The van der Waals surface area contributed by atoms with Crippen molar-refractivity contribution in [3.63, 3.8) is 0 Å². The Hall–Kier alpha value is -4.22. The molecule has 0 radical (unpaired) electrons. The molecule has 12 heteroatoms. The second kappa shape index (κ2) is 13.8. The van der Waals surface area contributed by atoms with Crippen LogP contribution >= 0.6 is 0 Å². The fourth-order valence-corrected chi connectivity index (χ4v) is 5.07. The zero-order valence-electron chi connectivity index (χ0n) is 25.1. The first-order valence-electron chi connectivity index (χ1n) is 14.7. The molecule has 4 rings (SSSR count). The van der Waals surface area contributed by atoms with Crippen molar-refractivity contribution in [1.29, 1.82) is 0 Å². The number of esters is 2. The van der Waals surface area contributed by atoms with Crippen LogP contribution in [0, 0.1) is 0 Å². The topological polar surface area (TPSA) is 153 Å². The smallest absolute Gasteiger partial charge is 0.328 e. The average molecular weight is 597 g/mol. The van der Waals surface area contributed by atoms with E-state index in [0.29, 0.717) is 23.9 Å². The van der Waals surface area contributed by atoms with Crippen molar-refractivity contribution in [2.24, 2.45) is 0 Å². The number of benzene rings is 1. The van der Waals surface area contributed by atoms with Gasteiger partial charge in [0.25, 0.3) is 11.8 Å². The number of rotatable bonds is 11. The lowest BCUT2D eigenvalue weighted by Crippen LogP contribution is -2.51. The molecule has 43 heavy (non-hydrogen) atoms. The van der Waals surface area contributed by atoms with Crippen molar-refractivity contribution >= 4 is 40.6 Å². The molecule has 2 aliphatic rings. The van der Waals surface area contributed by atoms with E-state index in [9.17, 15) is 24.0 Å². The standard InChI is InChI=1S/C31H40N4O8/c1-31(2,3)43-27(37)15-14-22(30(40)41-4)34-28(38)23-17-25(20-11-5-6-12-21(20)33-23)42-18-26(36)35-16-8-13-24(35)29(39)32-19-9-7-10-19/h5-6,11-12,17,19,22,24H,7-10,13-16,18H2,1-4H3,(H,32,39)(H,34,38)/t22-,24-/m0/s1. The van der Waals surface area contributed by atoms with Gasteiger partial charge in [-0.1, -0.05) is 12.1 Å². The van der Waals surface area contributed by atoms with E-state index in [1.165, 1.54) is 13.2 Å². The average Bonchev–Trinajstić information content (AvgIpc) is 3.44. The fraction of sp³-hybridized carbons (Fsp3) is 0.548. The summed E-state index contributed by atoms with van der Waals surface area (Å²) in [6, 6.07) is 6.92. The van der Waals surface area contributed by atoms with Crippen molar-refractivity contribution in [3.8, 4) is 5.75 Å². The molecule has 2 N–H and O–H groups in total. The largest absolute Gasteiger partial charge is 0.483 e. The first-order valence-corrected chi connectivity index (χ1v) is 14.7. The Balaban J connectivity index is 1.45. The summed E-state index contributed by atoms with van der Waals surface area (Å²) in [5, 5.41) is 6.20. The fourth-order valence-electron chi connectivity index (χ4n) is 5.07. The number of hydrogen-bond acceptors (Lipinski definition) is 9. The zero-order chi connectivity index (χ0) is 31.1. The predicted molar refractivity (Wildman–Crippen MR) is 156 cm³/mol. The minimum absolute atomic E-state index is 0.0376. The summed E-state index contributed by atoms with van der Waals surface area (Å²) in [7, 11) is 1.19. The van der Waals surface area contributed by atoms with Gasteiger partial charge in [-0.3, -0.25) is 19.2 Å². The Kier molecular flexibility index (Phi) is 10.2. The zero-order valence-corrected chi connectivity index (χ0v) is 25.1. The third-order valence-electron chi connectivity index (χ3n) is 7.44. The van der Waals surface area contributed by atoms with Crippen LogP contribution in [0.15, 0.2) is 30.3 Å². The van der Waals surface area contributed by atoms with Gasteiger partial charge >= 0.3 is 11.9 Å². The molecule has 1 saturated carbocycles. The highest BCUT2D eigenvalue weighted by molar-refractivity contribution is 5.99. The Bertz CT molecular complexity index is 1370. The van der Waals surface area contributed by atoms with E-state index in [2.05, 4.69) is 15.6 Å². The summed E-state index contributed by atoms with van der Waals surface area (Å²) in [4.78, 5) is 69.8. The van der Waals surface area contributed by atoms with Crippen molar-refractivity contribution in [2.45, 2.75) is 89.4 Å². The molecule has 232 valence electrons. The molecule has 1 aromatic heterocycles. The highest BCUT2D eigenvalue weighted by atomic mass is 16.6. The van der Waals surface area contributed by atoms with Gasteiger partial charge in [0, 0.05) is 30.5 Å². The van der Waals surface area contributed by atoms with Crippen LogP contribution in [0.3, 0.4) is 0 Å². The third-order valence-corrected chi connectivity index (χ3v) is 7.44. The first-order chi connectivity index (χ1) is 20.4. The molecule has 1 aromatic carbocycles. The number of carbonyl (C=O) groups is 5. The van der Waals surface area contributed by atoms with E-state index in [0.717, 1.165) is 25.7 Å². The molecule has 0 unspecified atom stereocenters. The molecule has 1 aliphatic heterocycles. The predicted octanol–water partition coefficient (Wildman–Crippen LogP) is 2.67. The Morgan fingerprint density at radius 1 is 1.07 bits per heavy atom. The van der Waals surface area contributed by atoms with Crippen LogP contribution in [0.1, 0.15) is 76.2 Å². The van der Waals surface area contributed by atoms with Crippen molar-refractivity contribution in [3.05, 3.63) is 36.0 Å². The van der Waals surface area contributed by atoms with Crippen molar-refractivity contribution in [2.75, 3.05) is 20.3 Å². The van der Waals surface area contributed by atoms with Crippen molar-refractivity contribution in [1.82, 2.24) is 20.5 Å². The molecule has 0 bridgehead atoms. The van der Waals surface area contributed by atoms with Gasteiger partial charge in [0.2, 0.25) is 5.91 Å². The summed E-state index contributed by atoms with van der Waals surface area (Å²) in [5.41, 5.74) is -0.294. The molecule has 1 saturated heterocycles. The lowest BCUT2D eigenvalue weighted by Gasteiger charge is -2.30. The molecular weight excluding hydrogens is 556 g/mol. The summed E-state index contributed by atoms with van der Waals surface area (Å²) < 4.78 is 16.1. The molecule has 0 spiro atoms. The molecule has 2 heterocycles.